The van der Waals surface area contributed by atoms with Crippen molar-refractivity contribution in [2.75, 3.05) is 13.1 Å². The topological polar surface area (TPSA) is 62.5 Å². The third-order valence-corrected chi connectivity index (χ3v) is 3.63. The molecule has 0 fully saturated rings. The average Bonchev–Trinajstić information content (AvgIpc) is 3.04. The zero-order valence-corrected chi connectivity index (χ0v) is 15.4. The first-order valence-corrected chi connectivity index (χ1v) is 8.60. The molecule has 136 valence electrons. The van der Waals surface area contributed by atoms with Gasteiger partial charge in [0.2, 0.25) is 5.89 Å². The van der Waals surface area contributed by atoms with E-state index in [0.29, 0.717) is 24.9 Å². The Morgan fingerprint density at radius 3 is 2.52 bits per heavy atom. The molecule has 1 aromatic carbocycles. The van der Waals surface area contributed by atoms with Crippen LogP contribution >= 0.6 is 0 Å². The largest absolute Gasteiger partial charge is 0.443 e. The molecule has 0 aliphatic heterocycles. The SMILES string of the molecule is CCNC(=NCc1ncc(C(C)(C)C)o1)NCCc1ccc(F)cc1. The highest BCUT2D eigenvalue weighted by molar-refractivity contribution is 5.79. The Hall–Kier alpha value is -2.37. The van der Waals surface area contributed by atoms with Gasteiger partial charge in [0.05, 0.1) is 6.20 Å². The number of halogens is 1. The maximum atomic E-state index is 12.9. The highest BCUT2D eigenvalue weighted by Crippen LogP contribution is 2.22. The minimum absolute atomic E-state index is 0.0626. The molecule has 1 aromatic heterocycles. The van der Waals surface area contributed by atoms with E-state index in [4.69, 9.17) is 4.42 Å². The number of hydrogen-bond donors (Lipinski definition) is 2. The molecule has 5 nitrogen and oxygen atoms in total. The van der Waals surface area contributed by atoms with Crippen molar-refractivity contribution in [2.24, 2.45) is 4.99 Å². The zero-order chi connectivity index (χ0) is 18.3. The lowest BCUT2D eigenvalue weighted by Crippen LogP contribution is -2.38. The molecule has 0 atom stereocenters. The Labute approximate surface area is 148 Å². The molecule has 0 bridgehead atoms. The van der Waals surface area contributed by atoms with Gasteiger partial charge in [0.25, 0.3) is 0 Å². The molecule has 6 heteroatoms. The fourth-order valence-electron chi connectivity index (χ4n) is 2.19. The third kappa shape index (κ3) is 6.21. The smallest absolute Gasteiger partial charge is 0.216 e. The van der Waals surface area contributed by atoms with E-state index < -0.39 is 0 Å². The number of guanidine groups is 1. The van der Waals surface area contributed by atoms with Crippen molar-refractivity contribution in [3.63, 3.8) is 0 Å². The van der Waals surface area contributed by atoms with Crippen LogP contribution in [0.1, 0.15) is 44.9 Å². The van der Waals surface area contributed by atoms with Crippen LogP contribution in [0.5, 0.6) is 0 Å². The lowest BCUT2D eigenvalue weighted by molar-refractivity contribution is 0.383. The molecular formula is C19H27FN4O. The molecule has 0 aliphatic rings. The lowest BCUT2D eigenvalue weighted by Gasteiger charge is -2.13. The van der Waals surface area contributed by atoms with Crippen LogP contribution in [-0.4, -0.2) is 24.0 Å². The Balaban J connectivity index is 1.89. The average molecular weight is 346 g/mol. The van der Waals surface area contributed by atoms with Crippen LogP contribution < -0.4 is 10.6 Å². The van der Waals surface area contributed by atoms with E-state index in [0.717, 1.165) is 24.3 Å². The number of rotatable bonds is 6. The van der Waals surface area contributed by atoms with Crippen LogP contribution in [0.3, 0.4) is 0 Å². The van der Waals surface area contributed by atoms with E-state index in [9.17, 15) is 4.39 Å². The Bertz CT molecular complexity index is 686. The van der Waals surface area contributed by atoms with Crippen LogP contribution in [0.4, 0.5) is 4.39 Å². The second-order valence-electron chi connectivity index (χ2n) is 6.87. The fourth-order valence-corrected chi connectivity index (χ4v) is 2.19. The third-order valence-electron chi connectivity index (χ3n) is 3.63. The number of nitrogens with zero attached hydrogens (tertiary/aromatic N) is 2. The summed E-state index contributed by atoms with van der Waals surface area (Å²) in [5, 5.41) is 6.46. The monoisotopic (exact) mass is 346 g/mol. The molecule has 0 spiro atoms. The number of benzene rings is 1. The van der Waals surface area contributed by atoms with Gasteiger partial charge in [-0.1, -0.05) is 32.9 Å². The van der Waals surface area contributed by atoms with E-state index in [1.54, 1.807) is 18.3 Å². The first-order chi connectivity index (χ1) is 11.9. The van der Waals surface area contributed by atoms with Crippen molar-refractivity contribution >= 4 is 5.96 Å². The minimum atomic E-state index is -0.216. The standard InChI is InChI=1S/C19H27FN4O/c1-5-21-18(22-11-10-14-6-8-15(20)9-7-14)24-13-17-23-12-16(25-17)19(2,3)4/h6-9,12H,5,10-11,13H2,1-4H3,(H2,21,22,24). The molecular weight excluding hydrogens is 319 g/mol. The first-order valence-electron chi connectivity index (χ1n) is 8.60. The van der Waals surface area contributed by atoms with E-state index >= 15 is 0 Å². The summed E-state index contributed by atoms with van der Waals surface area (Å²) in [6.07, 6.45) is 2.55. The van der Waals surface area contributed by atoms with Crippen molar-refractivity contribution in [3.05, 3.63) is 53.5 Å². The summed E-state index contributed by atoms with van der Waals surface area (Å²) in [6, 6.07) is 6.54. The summed E-state index contributed by atoms with van der Waals surface area (Å²) in [5.74, 6) is 1.94. The highest BCUT2D eigenvalue weighted by atomic mass is 19.1. The number of oxazole rings is 1. The molecule has 0 unspecified atom stereocenters. The van der Waals surface area contributed by atoms with E-state index in [2.05, 4.69) is 41.4 Å². The summed E-state index contributed by atoms with van der Waals surface area (Å²) >= 11 is 0. The summed E-state index contributed by atoms with van der Waals surface area (Å²) in [6.45, 7) is 10.1. The van der Waals surface area contributed by atoms with Gasteiger partial charge in [-0.3, -0.25) is 0 Å². The number of aromatic nitrogens is 1. The summed E-state index contributed by atoms with van der Waals surface area (Å²) in [7, 11) is 0. The van der Waals surface area contributed by atoms with E-state index in [1.165, 1.54) is 12.1 Å². The summed E-state index contributed by atoms with van der Waals surface area (Å²) in [5.41, 5.74) is 1.01. The predicted molar refractivity (Wildman–Crippen MR) is 98.1 cm³/mol. The van der Waals surface area contributed by atoms with E-state index in [-0.39, 0.29) is 11.2 Å². The van der Waals surface area contributed by atoms with Crippen molar-refractivity contribution in [1.82, 2.24) is 15.6 Å². The second-order valence-corrected chi connectivity index (χ2v) is 6.87. The molecule has 0 saturated carbocycles. The minimum Gasteiger partial charge on any atom is -0.443 e. The fraction of sp³-hybridized carbons (Fsp3) is 0.474. The molecule has 0 amide bonds. The summed E-state index contributed by atoms with van der Waals surface area (Å²) in [4.78, 5) is 8.79. The quantitative estimate of drug-likeness (QED) is 0.621. The maximum Gasteiger partial charge on any atom is 0.216 e. The van der Waals surface area contributed by atoms with Gasteiger partial charge in [-0.05, 0) is 31.0 Å². The Kier molecular flexibility index (Phi) is 6.56. The zero-order valence-electron chi connectivity index (χ0n) is 15.4. The first kappa shape index (κ1) is 19.0. The van der Waals surface area contributed by atoms with Crippen LogP contribution in [0.25, 0.3) is 0 Å². The molecule has 1 heterocycles. The van der Waals surface area contributed by atoms with Gasteiger partial charge >= 0.3 is 0 Å². The van der Waals surface area contributed by atoms with E-state index in [1.807, 2.05) is 6.92 Å². The number of hydrogen-bond acceptors (Lipinski definition) is 3. The highest BCUT2D eigenvalue weighted by Gasteiger charge is 2.18. The molecule has 0 aliphatic carbocycles. The predicted octanol–water partition coefficient (Wildman–Crippen LogP) is 3.41. The van der Waals surface area contributed by atoms with Gasteiger partial charge in [0.15, 0.2) is 5.96 Å². The maximum absolute atomic E-state index is 12.9. The molecule has 2 rings (SSSR count). The normalized spacial score (nSPS) is 12.3. The van der Waals surface area contributed by atoms with Crippen molar-refractivity contribution < 1.29 is 8.81 Å². The number of aliphatic imine (C=N–C) groups is 1. The van der Waals surface area contributed by atoms with Gasteiger partial charge in [-0.2, -0.15) is 0 Å². The van der Waals surface area contributed by atoms with Gasteiger partial charge in [0, 0.05) is 18.5 Å². The van der Waals surface area contributed by atoms with Crippen LogP contribution in [0.2, 0.25) is 0 Å². The Morgan fingerprint density at radius 2 is 1.92 bits per heavy atom. The van der Waals surface area contributed by atoms with Crippen LogP contribution in [-0.2, 0) is 18.4 Å². The van der Waals surface area contributed by atoms with Gasteiger partial charge < -0.3 is 15.1 Å². The molecule has 2 aromatic rings. The number of nitrogens with one attached hydrogen (secondary N) is 2. The summed E-state index contributed by atoms with van der Waals surface area (Å²) < 4.78 is 18.7. The van der Waals surface area contributed by atoms with Gasteiger partial charge in [0.1, 0.15) is 18.1 Å². The van der Waals surface area contributed by atoms with Gasteiger partial charge in [-0.25, -0.2) is 14.4 Å². The van der Waals surface area contributed by atoms with Gasteiger partial charge in [-0.15, -0.1) is 0 Å². The molecule has 0 saturated heterocycles. The van der Waals surface area contributed by atoms with Crippen LogP contribution in [0.15, 0.2) is 39.9 Å². The Morgan fingerprint density at radius 1 is 1.20 bits per heavy atom. The second kappa shape index (κ2) is 8.65. The van der Waals surface area contributed by atoms with Crippen molar-refractivity contribution in [2.45, 2.75) is 46.1 Å². The lowest BCUT2D eigenvalue weighted by atomic mass is 9.94. The van der Waals surface area contributed by atoms with Crippen molar-refractivity contribution in [1.29, 1.82) is 0 Å². The van der Waals surface area contributed by atoms with Crippen molar-refractivity contribution in [3.8, 4) is 0 Å². The molecule has 25 heavy (non-hydrogen) atoms. The van der Waals surface area contributed by atoms with Crippen LogP contribution in [0, 0.1) is 5.82 Å². The molecule has 0 radical (unpaired) electrons. The molecule has 2 N–H and O–H groups in total.